The Balaban J connectivity index is 2.10. The first-order chi connectivity index (χ1) is 8.56. The minimum atomic E-state index is -0.681. The lowest BCUT2D eigenvalue weighted by Crippen LogP contribution is -2.29. The first-order valence-electron chi connectivity index (χ1n) is 5.87. The molecule has 5 N–H and O–H groups in total. The highest BCUT2D eigenvalue weighted by molar-refractivity contribution is 7.85. The quantitative estimate of drug-likeness (QED) is 0.702. The molecule has 0 bridgehead atoms. The molecule has 6 heteroatoms. The minimum absolute atomic E-state index is 0.258. The van der Waals surface area contributed by atoms with Gasteiger partial charge < -0.3 is 16.8 Å². The normalized spacial score (nSPS) is 23.6. The van der Waals surface area contributed by atoms with Crippen LogP contribution in [-0.4, -0.2) is 27.7 Å². The molecule has 2 rings (SSSR count). The highest BCUT2D eigenvalue weighted by Gasteiger charge is 2.18. The van der Waals surface area contributed by atoms with Gasteiger partial charge in [-0.2, -0.15) is 0 Å². The van der Waals surface area contributed by atoms with E-state index in [9.17, 15) is 9.00 Å². The third kappa shape index (κ3) is 3.01. The van der Waals surface area contributed by atoms with Crippen LogP contribution in [0.4, 0.5) is 11.4 Å². The summed E-state index contributed by atoms with van der Waals surface area (Å²) in [4.78, 5) is 11.1. The lowest BCUT2D eigenvalue weighted by molar-refractivity contribution is 0.100. The molecule has 1 fully saturated rings. The van der Waals surface area contributed by atoms with Crippen molar-refractivity contribution in [3.63, 3.8) is 0 Å². The molecule has 1 aliphatic rings. The van der Waals surface area contributed by atoms with Crippen LogP contribution in [0.5, 0.6) is 0 Å². The molecule has 98 valence electrons. The van der Waals surface area contributed by atoms with Crippen molar-refractivity contribution in [3.8, 4) is 0 Å². The van der Waals surface area contributed by atoms with Crippen molar-refractivity contribution >= 4 is 28.1 Å². The Bertz CT molecular complexity index is 480. The third-order valence-corrected chi connectivity index (χ3v) is 4.47. The molecular formula is C12H17N3O2S. The summed E-state index contributed by atoms with van der Waals surface area (Å²) in [6, 6.07) is 5.21. The lowest BCUT2D eigenvalue weighted by atomic mass is 10.1. The van der Waals surface area contributed by atoms with Gasteiger partial charge in [-0.1, -0.05) is 0 Å². The van der Waals surface area contributed by atoms with E-state index in [0.717, 1.165) is 18.5 Å². The fourth-order valence-electron chi connectivity index (χ4n) is 1.99. The van der Waals surface area contributed by atoms with Crippen LogP contribution in [0.3, 0.4) is 0 Å². The number of hydrogen-bond donors (Lipinski definition) is 3. The van der Waals surface area contributed by atoms with Gasteiger partial charge >= 0.3 is 0 Å². The van der Waals surface area contributed by atoms with Gasteiger partial charge in [-0.15, -0.1) is 0 Å². The van der Waals surface area contributed by atoms with Crippen molar-refractivity contribution in [1.82, 2.24) is 0 Å². The average molecular weight is 267 g/mol. The molecule has 1 aliphatic heterocycles. The van der Waals surface area contributed by atoms with E-state index in [-0.39, 0.29) is 6.04 Å². The van der Waals surface area contributed by atoms with Crippen LogP contribution in [0.1, 0.15) is 23.2 Å². The lowest BCUT2D eigenvalue weighted by Gasteiger charge is -2.24. The number of nitrogens with one attached hydrogen (secondary N) is 1. The van der Waals surface area contributed by atoms with Crippen LogP contribution in [0, 0.1) is 0 Å². The maximum absolute atomic E-state index is 11.3. The maximum atomic E-state index is 11.3. The smallest absolute Gasteiger partial charge is 0.248 e. The molecule has 0 atom stereocenters. The van der Waals surface area contributed by atoms with Gasteiger partial charge in [0.1, 0.15) is 0 Å². The third-order valence-electron chi connectivity index (χ3n) is 3.09. The Morgan fingerprint density at radius 1 is 1.33 bits per heavy atom. The highest BCUT2D eigenvalue weighted by Crippen LogP contribution is 2.23. The Hall–Kier alpha value is -1.56. The number of hydrogen-bond acceptors (Lipinski definition) is 4. The zero-order chi connectivity index (χ0) is 13.1. The summed E-state index contributed by atoms with van der Waals surface area (Å²) >= 11 is 0. The van der Waals surface area contributed by atoms with Crippen LogP contribution < -0.4 is 16.8 Å². The second kappa shape index (κ2) is 5.39. The van der Waals surface area contributed by atoms with Crippen LogP contribution in [0.2, 0.25) is 0 Å². The highest BCUT2D eigenvalue weighted by atomic mass is 32.2. The Kier molecular flexibility index (Phi) is 3.86. The van der Waals surface area contributed by atoms with Crippen LogP contribution in [0.25, 0.3) is 0 Å². The van der Waals surface area contributed by atoms with Gasteiger partial charge in [-0.25, -0.2) is 0 Å². The van der Waals surface area contributed by atoms with Crippen molar-refractivity contribution in [2.45, 2.75) is 18.9 Å². The summed E-state index contributed by atoms with van der Waals surface area (Å²) in [5.74, 6) is 0.961. The predicted molar refractivity (Wildman–Crippen MR) is 73.9 cm³/mol. The number of nitrogens with two attached hydrogens (primary N) is 2. The van der Waals surface area contributed by atoms with Gasteiger partial charge in [-0.3, -0.25) is 9.00 Å². The summed E-state index contributed by atoms with van der Waals surface area (Å²) < 4.78 is 11.3. The number of carbonyl (C=O) groups is 1. The molecular weight excluding hydrogens is 250 g/mol. The molecule has 1 amide bonds. The topological polar surface area (TPSA) is 98.2 Å². The molecule has 5 nitrogen and oxygen atoms in total. The molecule has 0 saturated carbocycles. The molecule has 1 aromatic carbocycles. The monoisotopic (exact) mass is 267 g/mol. The Labute approximate surface area is 108 Å². The summed E-state index contributed by atoms with van der Waals surface area (Å²) in [6.45, 7) is 0. The number of rotatable bonds is 3. The van der Waals surface area contributed by atoms with E-state index in [1.54, 1.807) is 18.2 Å². The number of benzene rings is 1. The molecule has 0 aliphatic carbocycles. The van der Waals surface area contributed by atoms with Gasteiger partial charge in [0.05, 0.1) is 11.4 Å². The summed E-state index contributed by atoms with van der Waals surface area (Å²) in [5.41, 5.74) is 12.8. The molecule has 0 aromatic heterocycles. The SMILES string of the molecule is NC(=O)c1ccc(N)c(NC2CCS(=O)CC2)c1. The van der Waals surface area contributed by atoms with Crippen molar-refractivity contribution in [2.75, 3.05) is 22.6 Å². The van der Waals surface area contributed by atoms with Gasteiger partial charge in [0.2, 0.25) is 5.91 Å². The molecule has 1 heterocycles. The number of nitrogen functional groups attached to an aromatic ring is 1. The van der Waals surface area contributed by atoms with Crippen molar-refractivity contribution in [2.24, 2.45) is 5.73 Å². The van der Waals surface area contributed by atoms with Gasteiger partial charge in [0, 0.05) is 33.9 Å². The summed E-state index contributed by atoms with van der Waals surface area (Å²) in [6.07, 6.45) is 1.71. The first kappa shape index (κ1) is 12.9. The number of primary amides is 1. The van der Waals surface area contributed by atoms with Crippen molar-refractivity contribution in [1.29, 1.82) is 0 Å². The van der Waals surface area contributed by atoms with Crippen LogP contribution >= 0.6 is 0 Å². The molecule has 0 radical (unpaired) electrons. The van der Waals surface area contributed by atoms with E-state index in [4.69, 9.17) is 11.5 Å². The fourth-order valence-corrected chi connectivity index (χ4v) is 3.29. The second-order valence-electron chi connectivity index (χ2n) is 4.43. The first-order valence-corrected chi connectivity index (χ1v) is 7.36. The number of amides is 1. The predicted octanol–water partition coefficient (Wildman–Crippen LogP) is 0.691. The molecule has 1 saturated heterocycles. The number of carbonyl (C=O) groups excluding carboxylic acids is 1. The second-order valence-corrected chi connectivity index (χ2v) is 6.13. The van der Waals surface area contributed by atoms with E-state index < -0.39 is 16.7 Å². The Morgan fingerprint density at radius 3 is 2.61 bits per heavy atom. The van der Waals surface area contributed by atoms with Crippen LogP contribution in [-0.2, 0) is 10.8 Å². The molecule has 1 aromatic rings. The van der Waals surface area contributed by atoms with Crippen molar-refractivity contribution < 1.29 is 9.00 Å². The summed E-state index contributed by atoms with van der Waals surface area (Å²) in [7, 11) is -0.681. The fraction of sp³-hybridized carbons (Fsp3) is 0.417. The molecule has 0 unspecified atom stereocenters. The van der Waals surface area contributed by atoms with E-state index in [2.05, 4.69) is 5.32 Å². The van der Waals surface area contributed by atoms with E-state index in [1.165, 1.54) is 0 Å². The summed E-state index contributed by atoms with van der Waals surface area (Å²) in [5, 5.41) is 3.30. The zero-order valence-corrected chi connectivity index (χ0v) is 10.8. The van der Waals surface area contributed by atoms with Crippen LogP contribution in [0.15, 0.2) is 18.2 Å². The van der Waals surface area contributed by atoms with Crippen molar-refractivity contribution in [3.05, 3.63) is 23.8 Å². The maximum Gasteiger partial charge on any atom is 0.248 e. The zero-order valence-electron chi connectivity index (χ0n) is 10.0. The van der Waals surface area contributed by atoms with Gasteiger partial charge in [0.25, 0.3) is 0 Å². The number of anilines is 2. The Morgan fingerprint density at radius 2 is 2.00 bits per heavy atom. The van der Waals surface area contributed by atoms with E-state index in [0.29, 0.717) is 22.8 Å². The standard InChI is InChI=1S/C12H17N3O2S/c13-10-2-1-8(12(14)16)7-11(10)15-9-3-5-18(17)6-4-9/h1-2,7,9,15H,3-6,13H2,(H2,14,16). The minimum Gasteiger partial charge on any atom is -0.397 e. The van der Waals surface area contributed by atoms with E-state index in [1.807, 2.05) is 0 Å². The molecule has 0 spiro atoms. The largest absolute Gasteiger partial charge is 0.397 e. The van der Waals surface area contributed by atoms with Gasteiger partial charge in [-0.05, 0) is 31.0 Å². The molecule has 18 heavy (non-hydrogen) atoms. The van der Waals surface area contributed by atoms with E-state index >= 15 is 0 Å². The van der Waals surface area contributed by atoms with Gasteiger partial charge in [0.15, 0.2) is 0 Å². The average Bonchev–Trinajstić information content (AvgIpc) is 2.34.